The van der Waals surface area contributed by atoms with Gasteiger partial charge in [0.1, 0.15) is 5.00 Å². The molecule has 2 amide bonds. The summed E-state index contributed by atoms with van der Waals surface area (Å²) in [6.07, 6.45) is -0.507. The number of carbonyl (C=O) groups is 2. The van der Waals surface area contributed by atoms with Crippen LogP contribution in [-0.4, -0.2) is 104 Å². The zero-order valence-electron chi connectivity index (χ0n) is 27.7. The SMILES string of the molecule is CN(C)CCN1CCN(Cc2cccc(C(=O)Nc3sc4c(c3C(=O)N/N=C/c3ccc(Cl)c(C(F)(F)F)c3)CCN(C3CC3)C4)c2)CC1. The quantitative estimate of drug-likeness (QED) is 0.198. The lowest BCUT2D eigenvalue weighted by Gasteiger charge is -2.35. The molecule has 49 heavy (non-hydrogen) atoms. The topological polar surface area (TPSA) is 83.5 Å². The number of nitrogens with zero attached hydrogens (tertiary/aromatic N) is 5. The second kappa shape index (κ2) is 15.3. The summed E-state index contributed by atoms with van der Waals surface area (Å²) >= 11 is 7.13. The molecule has 0 radical (unpaired) electrons. The van der Waals surface area contributed by atoms with E-state index in [0.717, 1.165) is 99.6 Å². The number of carbonyl (C=O) groups excluding carboxylic acids is 2. The van der Waals surface area contributed by atoms with E-state index in [4.69, 9.17) is 11.6 Å². The first-order valence-electron chi connectivity index (χ1n) is 16.5. The van der Waals surface area contributed by atoms with Gasteiger partial charge in [0.05, 0.1) is 22.4 Å². The van der Waals surface area contributed by atoms with E-state index in [1.165, 1.54) is 17.4 Å². The van der Waals surface area contributed by atoms with E-state index in [-0.39, 0.29) is 11.5 Å². The number of likely N-dealkylation sites (N-methyl/N-ethyl adjacent to an activating group) is 1. The van der Waals surface area contributed by atoms with Crippen LogP contribution in [-0.2, 0) is 25.7 Å². The number of hydrogen-bond acceptors (Lipinski definition) is 8. The molecule has 3 aromatic rings. The van der Waals surface area contributed by atoms with Crippen molar-refractivity contribution < 1.29 is 22.8 Å². The molecule has 1 saturated heterocycles. The lowest BCUT2D eigenvalue weighted by atomic mass is 10.0. The Morgan fingerprint density at radius 2 is 1.80 bits per heavy atom. The molecule has 1 aliphatic carbocycles. The van der Waals surface area contributed by atoms with E-state index >= 15 is 0 Å². The van der Waals surface area contributed by atoms with Crippen LogP contribution in [0.4, 0.5) is 18.2 Å². The molecule has 2 fully saturated rings. The highest BCUT2D eigenvalue weighted by Crippen LogP contribution is 2.40. The normalized spacial score (nSPS) is 17.9. The van der Waals surface area contributed by atoms with Crippen LogP contribution >= 0.6 is 22.9 Å². The summed E-state index contributed by atoms with van der Waals surface area (Å²) in [5, 5.41) is 6.98. The molecule has 2 aromatic carbocycles. The number of rotatable bonds is 11. The highest BCUT2D eigenvalue weighted by Gasteiger charge is 2.35. The van der Waals surface area contributed by atoms with Crippen molar-refractivity contribution in [3.05, 3.63) is 85.7 Å². The highest BCUT2D eigenvalue weighted by atomic mass is 35.5. The van der Waals surface area contributed by atoms with Crippen LogP contribution in [0.5, 0.6) is 0 Å². The number of alkyl halides is 3. The molecular weight excluding hydrogens is 675 g/mol. The molecule has 0 unspecified atom stereocenters. The molecule has 1 saturated carbocycles. The van der Waals surface area contributed by atoms with Gasteiger partial charge in [0.25, 0.3) is 11.8 Å². The van der Waals surface area contributed by atoms with Crippen molar-refractivity contribution in [3.8, 4) is 0 Å². The van der Waals surface area contributed by atoms with Gasteiger partial charge in [0.15, 0.2) is 0 Å². The summed E-state index contributed by atoms with van der Waals surface area (Å²) in [6, 6.07) is 11.5. The average Bonchev–Trinajstić information content (AvgIpc) is 3.85. The van der Waals surface area contributed by atoms with Crippen molar-refractivity contribution in [2.45, 2.75) is 44.6 Å². The maximum Gasteiger partial charge on any atom is 0.417 e. The maximum atomic E-state index is 13.6. The van der Waals surface area contributed by atoms with Crippen molar-refractivity contribution >= 4 is 46.0 Å². The molecule has 0 spiro atoms. The van der Waals surface area contributed by atoms with Gasteiger partial charge >= 0.3 is 6.18 Å². The second-order valence-electron chi connectivity index (χ2n) is 13.2. The smallest absolute Gasteiger partial charge is 0.313 e. The Balaban J connectivity index is 1.15. The predicted octanol–water partition coefficient (Wildman–Crippen LogP) is 5.64. The first-order valence-corrected chi connectivity index (χ1v) is 17.7. The molecule has 0 bridgehead atoms. The molecular formula is C35H41ClF3N7O2S. The standard InChI is InChI=1S/C35H41ClF3N7O2S/c1-43(2)12-13-44-14-16-45(17-15-44)21-24-4-3-5-25(18-24)32(47)41-34-31(27-10-11-46(26-7-8-26)22-30(27)49-34)33(48)42-40-20-23-6-9-29(36)28(19-23)35(37,38)39/h3-6,9,18-20,26H,7-8,10-17,21-22H2,1-2H3,(H,41,47)(H,42,48)/b40-20+. The lowest BCUT2D eigenvalue weighted by Crippen LogP contribution is -2.47. The number of piperazine rings is 1. The van der Waals surface area contributed by atoms with Crippen LogP contribution in [0, 0.1) is 0 Å². The number of hydrazone groups is 1. The van der Waals surface area contributed by atoms with Gasteiger partial charge in [0.2, 0.25) is 0 Å². The first kappa shape index (κ1) is 35.5. The van der Waals surface area contributed by atoms with E-state index in [9.17, 15) is 22.8 Å². The lowest BCUT2D eigenvalue weighted by molar-refractivity contribution is -0.137. The number of halogens is 4. The summed E-state index contributed by atoms with van der Waals surface area (Å²) in [5.41, 5.74) is 4.38. The minimum Gasteiger partial charge on any atom is -0.313 e. The molecule has 14 heteroatoms. The van der Waals surface area contributed by atoms with Gasteiger partial charge in [-0.25, -0.2) is 5.43 Å². The molecule has 2 aliphatic heterocycles. The molecule has 1 aromatic heterocycles. The number of amides is 2. The van der Waals surface area contributed by atoms with Crippen molar-refractivity contribution in [3.63, 3.8) is 0 Å². The van der Waals surface area contributed by atoms with E-state index in [1.54, 1.807) is 6.07 Å². The van der Waals surface area contributed by atoms with Gasteiger partial charge in [-0.2, -0.15) is 18.3 Å². The van der Waals surface area contributed by atoms with Gasteiger partial charge < -0.3 is 10.2 Å². The largest absolute Gasteiger partial charge is 0.417 e. The Bertz CT molecular complexity index is 1700. The van der Waals surface area contributed by atoms with Crippen LogP contribution in [0.2, 0.25) is 5.02 Å². The van der Waals surface area contributed by atoms with Crippen LogP contribution in [0.25, 0.3) is 0 Å². The van der Waals surface area contributed by atoms with Crippen molar-refractivity contribution in [1.29, 1.82) is 0 Å². The third-order valence-corrected chi connectivity index (χ3v) is 10.7. The molecule has 9 nitrogen and oxygen atoms in total. The van der Waals surface area contributed by atoms with Gasteiger partial charge in [-0.05, 0) is 74.3 Å². The summed E-state index contributed by atoms with van der Waals surface area (Å²) in [5.74, 6) is -0.848. The van der Waals surface area contributed by atoms with Gasteiger partial charge in [0, 0.05) is 75.4 Å². The van der Waals surface area contributed by atoms with E-state index in [2.05, 4.69) is 49.5 Å². The number of benzene rings is 2. The Kier molecular flexibility index (Phi) is 11.1. The highest BCUT2D eigenvalue weighted by molar-refractivity contribution is 7.17. The predicted molar refractivity (Wildman–Crippen MR) is 188 cm³/mol. The summed E-state index contributed by atoms with van der Waals surface area (Å²) in [4.78, 5) is 37.7. The fourth-order valence-corrected chi connectivity index (χ4v) is 7.81. The molecule has 6 rings (SSSR count). The Morgan fingerprint density at radius 1 is 1.04 bits per heavy atom. The van der Waals surface area contributed by atoms with Gasteiger partial charge in [-0.1, -0.05) is 29.8 Å². The van der Waals surface area contributed by atoms with Crippen molar-refractivity contribution in [2.75, 3.05) is 65.2 Å². The molecule has 262 valence electrons. The van der Waals surface area contributed by atoms with Crippen LogP contribution in [0.1, 0.15) is 60.7 Å². The minimum atomic E-state index is -4.62. The van der Waals surface area contributed by atoms with Gasteiger partial charge in [-0.15, -0.1) is 11.3 Å². The van der Waals surface area contributed by atoms with E-state index in [0.29, 0.717) is 35.1 Å². The van der Waals surface area contributed by atoms with Crippen LogP contribution in [0.3, 0.4) is 0 Å². The first-order chi connectivity index (χ1) is 23.4. The summed E-state index contributed by atoms with van der Waals surface area (Å²) in [6.45, 7) is 8.30. The van der Waals surface area contributed by atoms with E-state index in [1.807, 2.05) is 18.2 Å². The molecule has 0 atom stereocenters. The number of anilines is 1. The monoisotopic (exact) mass is 715 g/mol. The summed E-state index contributed by atoms with van der Waals surface area (Å²) in [7, 11) is 4.17. The summed E-state index contributed by atoms with van der Waals surface area (Å²) < 4.78 is 40.0. The molecule has 2 N–H and O–H groups in total. The fraction of sp³-hybridized carbons (Fsp3) is 0.457. The number of hydrogen-bond donors (Lipinski definition) is 2. The number of thiophene rings is 1. The molecule has 3 heterocycles. The average molecular weight is 716 g/mol. The van der Waals surface area contributed by atoms with Crippen molar-refractivity contribution in [1.82, 2.24) is 25.0 Å². The maximum absolute atomic E-state index is 13.6. The zero-order chi connectivity index (χ0) is 34.7. The van der Waals surface area contributed by atoms with Crippen molar-refractivity contribution in [2.24, 2.45) is 5.10 Å². The Morgan fingerprint density at radius 3 is 2.51 bits per heavy atom. The second-order valence-corrected chi connectivity index (χ2v) is 14.7. The molecule has 3 aliphatic rings. The number of nitrogens with one attached hydrogen (secondary N) is 2. The fourth-order valence-electron chi connectivity index (χ4n) is 6.32. The Hall–Kier alpha value is -3.33. The third kappa shape index (κ3) is 9.07. The van der Waals surface area contributed by atoms with E-state index < -0.39 is 22.7 Å². The van der Waals surface area contributed by atoms with Crippen LogP contribution in [0.15, 0.2) is 47.6 Å². The van der Waals surface area contributed by atoms with Crippen LogP contribution < -0.4 is 10.7 Å². The minimum absolute atomic E-state index is 0.129. The van der Waals surface area contributed by atoms with Gasteiger partial charge in [-0.3, -0.25) is 24.3 Å². The third-order valence-electron chi connectivity index (χ3n) is 9.20. The zero-order valence-corrected chi connectivity index (χ0v) is 29.2. The Labute approximate surface area is 293 Å². The number of fused-ring (bicyclic) bond motifs is 1.